The molecule has 0 bridgehead atoms. The molecule has 0 saturated heterocycles. The molecule has 1 unspecified atom stereocenters. The van der Waals surface area contributed by atoms with E-state index in [0.29, 0.717) is 5.75 Å². The van der Waals surface area contributed by atoms with Crippen molar-refractivity contribution in [3.05, 3.63) is 29.8 Å². The van der Waals surface area contributed by atoms with Crippen LogP contribution in [0, 0.1) is 6.92 Å². The normalized spacial score (nSPS) is 13.1. The maximum atomic E-state index is 11.9. The molecular formula is C11H16O3S. The summed E-state index contributed by atoms with van der Waals surface area (Å²) in [6.45, 7) is 1.95. The zero-order valence-electron chi connectivity index (χ0n) is 9.23. The summed E-state index contributed by atoms with van der Waals surface area (Å²) in [5.74, 6) is 0.359. The van der Waals surface area contributed by atoms with Gasteiger partial charge in [-0.05, 0) is 18.6 Å². The minimum Gasteiger partial charge on any atom is -0.355 e. The lowest BCUT2D eigenvalue weighted by atomic mass is 10.2. The molecule has 1 aromatic rings. The Labute approximate surface area is 92.9 Å². The lowest BCUT2D eigenvalue weighted by Crippen LogP contribution is -2.21. The Morgan fingerprint density at radius 3 is 2.40 bits per heavy atom. The van der Waals surface area contributed by atoms with Gasteiger partial charge in [-0.1, -0.05) is 18.2 Å². The van der Waals surface area contributed by atoms with Gasteiger partial charge in [0.05, 0.1) is 16.6 Å². The van der Waals surface area contributed by atoms with E-state index in [1.807, 2.05) is 31.2 Å². The fourth-order valence-corrected chi connectivity index (χ4v) is 2.61. The minimum atomic E-state index is -1.07. The molecule has 3 nitrogen and oxygen atoms in total. The van der Waals surface area contributed by atoms with Crippen molar-refractivity contribution in [3.63, 3.8) is 0 Å². The maximum absolute atomic E-state index is 11.9. The molecule has 4 heteroatoms. The summed E-state index contributed by atoms with van der Waals surface area (Å²) in [7, 11) is 2.01. The van der Waals surface area contributed by atoms with Gasteiger partial charge in [-0.15, -0.1) is 0 Å². The lowest BCUT2D eigenvalue weighted by Gasteiger charge is -2.13. The number of methoxy groups -OCH3 is 2. The molecule has 0 aliphatic heterocycles. The molecule has 1 atom stereocenters. The van der Waals surface area contributed by atoms with Gasteiger partial charge in [0.25, 0.3) is 0 Å². The van der Waals surface area contributed by atoms with Crippen molar-refractivity contribution in [2.45, 2.75) is 18.1 Å². The van der Waals surface area contributed by atoms with E-state index in [2.05, 4.69) is 0 Å². The second-order valence-corrected chi connectivity index (χ2v) is 4.64. The van der Waals surface area contributed by atoms with Gasteiger partial charge in [0.2, 0.25) is 0 Å². The van der Waals surface area contributed by atoms with Gasteiger partial charge in [0, 0.05) is 19.1 Å². The molecule has 0 fully saturated rings. The molecule has 0 heterocycles. The third kappa shape index (κ3) is 3.41. The first kappa shape index (κ1) is 12.4. The Balaban J connectivity index is 2.73. The molecule has 0 amide bonds. The monoisotopic (exact) mass is 228 g/mol. The zero-order chi connectivity index (χ0) is 11.3. The largest absolute Gasteiger partial charge is 0.355 e. The number of rotatable bonds is 5. The smallest absolute Gasteiger partial charge is 0.168 e. The zero-order valence-corrected chi connectivity index (χ0v) is 10.0. The highest BCUT2D eigenvalue weighted by Crippen LogP contribution is 2.13. The summed E-state index contributed by atoms with van der Waals surface area (Å²) in [4.78, 5) is 0.844. The first-order valence-electron chi connectivity index (χ1n) is 4.68. The molecule has 0 aliphatic rings. The van der Waals surface area contributed by atoms with Gasteiger partial charge in [-0.25, -0.2) is 0 Å². The standard InChI is InChI=1S/C11H16O3S/c1-9-6-4-5-7-10(9)15(12)8-11(13-2)14-3/h4-7,11H,8H2,1-3H3. The van der Waals surface area contributed by atoms with Crippen molar-refractivity contribution in [1.82, 2.24) is 0 Å². The van der Waals surface area contributed by atoms with E-state index in [9.17, 15) is 4.21 Å². The van der Waals surface area contributed by atoms with Crippen molar-refractivity contribution >= 4 is 10.8 Å². The van der Waals surface area contributed by atoms with Crippen LogP contribution < -0.4 is 0 Å². The van der Waals surface area contributed by atoms with Gasteiger partial charge < -0.3 is 9.47 Å². The Bertz CT molecular complexity index is 334. The predicted molar refractivity (Wildman–Crippen MR) is 60.3 cm³/mol. The molecule has 15 heavy (non-hydrogen) atoms. The molecule has 0 N–H and O–H groups in total. The van der Waals surface area contributed by atoms with Crippen molar-refractivity contribution in [2.24, 2.45) is 0 Å². The van der Waals surface area contributed by atoms with Crippen LogP contribution in [0.3, 0.4) is 0 Å². The van der Waals surface area contributed by atoms with Crippen LogP contribution in [0.5, 0.6) is 0 Å². The lowest BCUT2D eigenvalue weighted by molar-refractivity contribution is -0.0847. The fraction of sp³-hybridized carbons (Fsp3) is 0.455. The summed E-state index contributed by atoms with van der Waals surface area (Å²) in [6, 6.07) is 7.63. The Morgan fingerprint density at radius 2 is 1.87 bits per heavy atom. The quantitative estimate of drug-likeness (QED) is 0.720. The van der Waals surface area contributed by atoms with Crippen molar-refractivity contribution in [1.29, 1.82) is 0 Å². The third-order valence-electron chi connectivity index (χ3n) is 2.15. The molecule has 0 radical (unpaired) electrons. The first-order valence-corrected chi connectivity index (χ1v) is 6.00. The topological polar surface area (TPSA) is 35.5 Å². The molecule has 0 spiro atoms. The van der Waals surface area contributed by atoms with Gasteiger partial charge in [0.1, 0.15) is 0 Å². The number of hydrogen-bond acceptors (Lipinski definition) is 3. The van der Waals surface area contributed by atoms with E-state index < -0.39 is 17.1 Å². The number of ether oxygens (including phenoxy) is 2. The first-order chi connectivity index (χ1) is 7.19. The van der Waals surface area contributed by atoms with Crippen LogP contribution in [-0.4, -0.2) is 30.5 Å². The van der Waals surface area contributed by atoms with Crippen LogP contribution in [0.1, 0.15) is 5.56 Å². The SMILES string of the molecule is COC(CS(=O)c1ccccc1C)OC. The fourth-order valence-electron chi connectivity index (χ4n) is 1.26. The third-order valence-corrected chi connectivity index (χ3v) is 3.68. The van der Waals surface area contributed by atoms with E-state index in [4.69, 9.17) is 9.47 Å². The molecule has 1 rings (SSSR count). The summed E-state index contributed by atoms with van der Waals surface area (Å²) < 4.78 is 22.0. The maximum Gasteiger partial charge on any atom is 0.168 e. The predicted octanol–water partition coefficient (Wildman–Crippen LogP) is 1.72. The molecule has 0 aromatic heterocycles. The average Bonchev–Trinajstić information content (AvgIpc) is 2.26. The molecular weight excluding hydrogens is 212 g/mol. The molecule has 0 saturated carbocycles. The number of aryl methyl sites for hydroxylation is 1. The summed E-state index contributed by atoms with van der Waals surface area (Å²) in [6.07, 6.45) is -0.412. The highest BCUT2D eigenvalue weighted by Gasteiger charge is 2.13. The summed E-state index contributed by atoms with van der Waals surface area (Å²) in [5, 5.41) is 0. The Morgan fingerprint density at radius 1 is 1.27 bits per heavy atom. The summed E-state index contributed by atoms with van der Waals surface area (Å²) in [5.41, 5.74) is 1.03. The van der Waals surface area contributed by atoms with Crippen molar-refractivity contribution in [3.8, 4) is 0 Å². The van der Waals surface area contributed by atoms with E-state index in [1.165, 1.54) is 0 Å². The van der Waals surface area contributed by atoms with Crippen LogP contribution >= 0.6 is 0 Å². The van der Waals surface area contributed by atoms with Crippen LogP contribution in [0.25, 0.3) is 0 Å². The second-order valence-electron chi connectivity index (χ2n) is 3.18. The molecule has 1 aromatic carbocycles. The second kappa shape index (κ2) is 6.00. The van der Waals surface area contributed by atoms with Crippen molar-refractivity contribution in [2.75, 3.05) is 20.0 Å². The highest BCUT2D eigenvalue weighted by atomic mass is 32.2. The minimum absolute atomic E-state index is 0.359. The number of benzene rings is 1. The van der Waals surface area contributed by atoms with Crippen LogP contribution in [0.2, 0.25) is 0 Å². The van der Waals surface area contributed by atoms with Crippen LogP contribution in [0.15, 0.2) is 29.2 Å². The Kier molecular flexibility index (Phi) is 4.94. The van der Waals surface area contributed by atoms with E-state index in [1.54, 1.807) is 14.2 Å². The number of hydrogen-bond donors (Lipinski definition) is 0. The van der Waals surface area contributed by atoms with Gasteiger partial charge >= 0.3 is 0 Å². The van der Waals surface area contributed by atoms with E-state index in [0.717, 1.165) is 10.5 Å². The Hall–Kier alpha value is -0.710. The van der Waals surface area contributed by atoms with Gasteiger partial charge in [-0.3, -0.25) is 4.21 Å². The summed E-state index contributed by atoms with van der Waals surface area (Å²) >= 11 is 0. The van der Waals surface area contributed by atoms with E-state index >= 15 is 0 Å². The van der Waals surface area contributed by atoms with Crippen molar-refractivity contribution < 1.29 is 13.7 Å². The molecule has 84 valence electrons. The van der Waals surface area contributed by atoms with E-state index in [-0.39, 0.29) is 0 Å². The molecule has 0 aliphatic carbocycles. The highest BCUT2D eigenvalue weighted by molar-refractivity contribution is 7.85. The van der Waals surface area contributed by atoms with Crippen LogP contribution in [-0.2, 0) is 20.3 Å². The van der Waals surface area contributed by atoms with Crippen LogP contribution in [0.4, 0.5) is 0 Å². The van der Waals surface area contributed by atoms with Gasteiger partial charge in [-0.2, -0.15) is 0 Å². The average molecular weight is 228 g/mol. The van der Waals surface area contributed by atoms with Gasteiger partial charge in [0.15, 0.2) is 6.29 Å².